The molecule has 0 spiro atoms. The maximum absolute atomic E-state index is 13.2. The van der Waals surface area contributed by atoms with Crippen molar-refractivity contribution in [2.75, 3.05) is 0 Å². The molecule has 2 rings (SSSR count). The van der Waals surface area contributed by atoms with Gasteiger partial charge < -0.3 is 10.5 Å². The van der Waals surface area contributed by atoms with Gasteiger partial charge in [-0.25, -0.2) is 9.37 Å². The number of nitrogens with two attached hydrogens (primary N) is 1. The zero-order chi connectivity index (χ0) is 11.4. The van der Waals surface area contributed by atoms with Crippen molar-refractivity contribution in [1.29, 1.82) is 0 Å². The van der Waals surface area contributed by atoms with Gasteiger partial charge in [0.2, 0.25) is 0 Å². The lowest BCUT2D eigenvalue weighted by Gasteiger charge is -2.03. The highest BCUT2D eigenvalue weighted by atomic mass is 19.1. The van der Waals surface area contributed by atoms with E-state index in [1.54, 1.807) is 18.2 Å². The molecule has 0 bridgehead atoms. The standard InChI is InChI=1S/C10H11FN4O/c11-7-3-1-2-4-8(7)16-6-10-13-9(5-12)14-15-10/h1-4H,5-6,12H2,(H,13,14,15). The van der Waals surface area contributed by atoms with Crippen molar-refractivity contribution in [3.05, 3.63) is 41.7 Å². The van der Waals surface area contributed by atoms with Gasteiger partial charge >= 0.3 is 0 Å². The Morgan fingerprint density at radius 2 is 2.19 bits per heavy atom. The summed E-state index contributed by atoms with van der Waals surface area (Å²) < 4.78 is 18.4. The van der Waals surface area contributed by atoms with Crippen LogP contribution in [0.5, 0.6) is 5.75 Å². The van der Waals surface area contributed by atoms with Crippen molar-refractivity contribution >= 4 is 0 Å². The Hall–Kier alpha value is -1.95. The van der Waals surface area contributed by atoms with Crippen LogP contribution >= 0.6 is 0 Å². The van der Waals surface area contributed by atoms with Crippen LogP contribution in [0.25, 0.3) is 0 Å². The van der Waals surface area contributed by atoms with Crippen LogP contribution in [0.1, 0.15) is 11.6 Å². The summed E-state index contributed by atoms with van der Waals surface area (Å²) in [5.41, 5.74) is 5.35. The summed E-state index contributed by atoms with van der Waals surface area (Å²) in [4.78, 5) is 4.03. The van der Waals surface area contributed by atoms with E-state index in [0.717, 1.165) is 0 Å². The summed E-state index contributed by atoms with van der Waals surface area (Å²) in [6.07, 6.45) is 0. The predicted molar refractivity (Wildman–Crippen MR) is 55.0 cm³/mol. The van der Waals surface area contributed by atoms with Gasteiger partial charge in [-0.1, -0.05) is 12.1 Å². The molecule has 0 atom stereocenters. The second-order valence-corrected chi connectivity index (χ2v) is 3.12. The first-order valence-corrected chi connectivity index (χ1v) is 4.77. The minimum atomic E-state index is -0.402. The second-order valence-electron chi connectivity index (χ2n) is 3.12. The van der Waals surface area contributed by atoms with Gasteiger partial charge in [-0.2, -0.15) is 5.10 Å². The van der Waals surface area contributed by atoms with Crippen LogP contribution in [0, 0.1) is 5.82 Å². The van der Waals surface area contributed by atoms with E-state index in [9.17, 15) is 4.39 Å². The fraction of sp³-hybridized carbons (Fsp3) is 0.200. The Bertz CT molecular complexity index is 471. The number of nitrogens with one attached hydrogen (secondary N) is 1. The largest absolute Gasteiger partial charge is 0.483 e. The van der Waals surface area contributed by atoms with Crippen LogP contribution < -0.4 is 10.5 Å². The van der Waals surface area contributed by atoms with Crippen molar-refractivity contribution in [3.63, 3.8) is 0 Å². The third-order valence-corrected chi connectivity index (χ3v) is 1.96. The third-order valence-electron chi connectivity index (χ3n) is 1.96. The highest BCUT2D eigenvalue weighted by molar-refractivity contribution is 5.23. The molecule has 0 fully saturated rings. The lowest BCUT2D eigenvalue weighted by Crippen LogP contribution is -2.00. The molecule has 5 nitrogen and oxygen atoms in total. The summed E-state index contributed by atoms with van der Waals surface area (Å²) in [5, 5.41) is 6.49. The molecule has 0 aliphatic rings. The Kier molecular flexibility index (Phi) is 3.11. The van der Waals surface area contributed by atoms with Crippen LogP contribution in [-0.2, 0) is 13.2 Å². The number of aromatic nitrogens is 3. The van der Waals surface area contributed by atoms with Crippen molar-refractivity contribution in [3.8, 4) is 5.75 Å². The van der Waals surface area contributed by atoms with E-state index in [1.165, 1.54) is 6.07 Å². The number of hydrogen-bond acceptors (Lipinski definition) is 4. The number of rotatable bonds is 4. The Morgan fingerprint density at radius 1 is 1.38 bits per heavy atom. The first-order valence-electron chi connectivity index (χ1n) is 4.77. The van der Waals surface area contributed by atoms with Gasteiger partial charge in [-0.05, 0) is 12.1 Å². The molecule has 1 aromatic carbocycles. The lowest BCUT2D eigenvalue weighted by atomic mass is 10.3. The highest BCUT2D eigenvalue weighted by Crippen LogP contribution is 2.16. The lowest BCUT2D eigenvalue weighted by molar-refractivity contribution is 0.281. The minimum absolute atomic E-state index is 0.133. The zero-order valence-corrected chi connectivity index (χ0v) is 8.48. The van der Waals surface area contributed by atoms with Gasteiger partial charge in [0.25, 0.3) is 0 Å². The Labute approximate surface area is 91.5 Å². The fourth-order valence-corrected chi connectivity index (χ4v) is 1.20. The number of benzene rings is 1. The van der Waals surface area contributed by atoms with E-state index in [2.05, 4.69) is 15.2 Å². The third kappa shape index (κ3) is 2.34. The monoisotopic (exact) mass is 222 g/mol. The molecule has 0 unspecified atom stereocenters. The SMILES string of the molecule is NCc1n[nH]c(COc2ccccc2F)n1. The van der Waals surface area contributed by atoms with Gasteiger partial charge in [0, 0.05) is 0 Å². The van der Waals surface area contributed by atoms with Crippen molar-refractivity contribution in [2.24, 2.45) is 5.73 Å². The van der Waals surface area contributed by atoms with Crippen molar-refractivity contribution in [2.45, 2.75) is 13.2 Å². The molecule has 0 saturated heterocycles. The Balaban J connectivity index is 1.99. The maximum Gasteiger partial charge on any atom is 0.165 e. The number of ether oxygens (including phenoxy) is 1. The van der Waals surface area contributed by atoms with Crippen LogP contribution in [0.4, 0.5) is 4.39 Å². The van der Waals surface area contributed by atoms with E-state index in [4.69, 9.17) is 10.5 Å². The number of hydrogen-bond donors (Lipinski definition) is 2. The average molecular weight is 222 g/mol. The van der Waals surface area contributed by atoms with Gasteiger partial charge in [-0.15, -0.1) is 0 Å². The smallest absolute Gasteiger partial charge is 0.165 e. The molecule has 6 heteroatoms. The molecule has 0 amide bonds. The highest BCUT2D eigenvalue weighted by Gasteiger charge is 2.05. The van der Waals surface area contributed by atoms with Gasteiger partial charge in [0.15, 0.2) is 23.2 Å². The van der Waals surface area contributed by atoms with Gasteiger partial charge in [-0.3, -0.25) is 5.10 Å². The molecule has 16 heavy (non-hydrogen) atoms. The van der Waals surface area contributed by atoms with E-state index in [1.807, 2.05) is 0 Å². The molecular formula is C10H11FN4O. The average Bonchev–Trinajstić information content (AvgIpc) is 2.76. The van der Waals surface area contributed by atoms with Crippen LogP contribution in [0.15, 0.2) is 24.3 Å². The Morgan fingerprint density at radius 3 is 2.88 bits per heavy atom. The number of para-hydroxylation sites is 1. The molecule has 84 valence electrons. The van der Waals surface area contributed by atoms with Crippen LogP contribution in [0.2, 0.25) is 0 Å². The molecule has 3 N–H and O–H groups in total. The van der Waals surface area contributed by atoms with Crippen molar-refractivity contribution in [1.82, 2.24) is 15.2 Å². The number of aromatic amines is 1. The maximum atomic E-state index is 13.2. The first-order chi connectivity index (χ1) is 7.79. The van der Waals surface area contributed by atoms with Gasteiger partial charge in [0.1, 0.15) is 6.61 Å². The normalized spacial score (nSPS) is 10.4. The molecule has 1 aromatic heterocycles. The number of halogens is 1. The summed E-state index contributed by atoms with van der Waals surface area (Å²) in [5.74, 6) is 0.810. The number of nitrogens with zero attached hydrogens (tertiary/aromatic N) is 2. The second kappa shape index (κ2) is 4.71. The molecule has 0 aliphatic carbocycles. The van der Waals surface area contributed by atoms with Crippen LogP contribution in [0.3, 0.4) is 0 Å². The molecular weight excluding hydrogens is 211 g/mol. The molecule has 0 radical (unpaired) electrons. The van der Waals surface area contributed by atoms with Crippen LogP contribution in [-0.4, -0.2) is 15.2 Å². The topological polar surface area (TPSA) is 76.8 Å². The summed E-state index contributed by atoms with van der Waals surface area (Å²) >= 11 is 0. The van der Waals surface area contributed by atoms with Crippen molar-refractivity contribution < 1.29 is 9.13 Å². The molecule has 0 aliphatic heterocycles. The summed E-state index contributed by atoms with van der Waals surface area (Å²) in [7, 11) is 0. The van der Waals surface area contributed by atoms with Gasteiger partial charge in [0.05, 0.1) is 6.54 Å². The first kappa shape index (κ1) is 10.6. The summed E-state index contributed by atoms with van der Waals surface area (Å²) in [6, 6.07) is 6.18. The minimum Gasteiger partial charge on any atom is -0.483 e. The van der Waals surface area contributed by atoms with E-state index in [-0.39, 0.29) is 18.9 Å². The van der Waals surface area contributed by atoms with E-state index in [0.29, 0.717) is 11.6 Å². The van der Waals surface area contributed by atoms with E-state index < -0.39 is 5.82 Å². The summed E-state index contributed by atoms with van der Waals surface area (Å²) in [6.45, 7) is 0.393. The predicted octanol–water partition coefficient (Wildman–Crippen LogP) is 0.981. The number of H-pyrrole nitrogens is 1. The molecule has 2 aromatic rings. The zero-order valence-electron chi connectivity index (χ0n) is 8.48. The van der Waals surface area contributed by atoms with E-state index >= 15 is 0 Å². The molecule has 1 heterocycles. The quantitative estimate of drug-likeness (QED) is 0.808. The molecule has 0 saturated carbocycles. The fourth-order valence-electron chi connectivity index (χ4n) is 1.20.